The van der Waals surface area contributed by atoms with Gasteiger partial charge in [0.25, 0.3) is 0 Å². The van der Waals surface area contributed by atoms with Gasteiger partial charge in [-0.3, -0.25) is 4.98 Å². The summed E-state index contributed by atoms with van der Waals surface area (Å²) in [6, 6.07) is 4.05. The summed E-state index contributed by atoms with van der Waals surface area (Å²) in [5.74, 6) is 0. The molecule has 1 aliphatic rings. The van der Waals surface area contributed by atoms with Crippen LogP contribution in [-0.2, 0) is 9.31 Å². The van der Waals surface area contributed by atoms with Gasteiger partial charge in [0, 0.05) is 16.1 Å². The Morgan fingerprint density at radius 3 is 2.39 bits per heavy atom. The molecule has 3 heterocycles. The Morgan fingerprint density at radius 2 is 1.72 bits per heavy atom. The Labute approximate surface area is 111 Å². The van der Waals surface area contributed by atoms with E-state index >= 15 is 0 Å². The van der Waals surface area contributed by atoms with Crippen molar-refractivity contribution in [3.8, 4) is 0 Å². The molecular weight excluding hydrogens is 245 g/mol. The molecule has 1 aliphatic heterocycles. The highest BCUT2D eigenvalue weighted by Gasteiger charge is 2.52. The lowest BCUT2D eigenvalue weighted by Crippen LogP contribution is -2.41. The Hall–Kier alpha value is -0.905. The first-order valence-corrected chi connectivity index (χ1v) is 7.02. The molecule has 2 aromatic rings. The van der Waals surface area contributed by atoms with Crippen molar-refractivity contribution in [2.75, 3.05) is 0 Å². The predicted octanol–water partition coefficient (Wildman–Crippen LogP) is 2.60. The Kier molecular flexibility index (Phi) is 2.56. The molecule has 0 radical (unpaired) electrons. The fraction of sp³-hybridized carbons (Fsp3) is 0.462. The Morgan fingerprint density at radius 1 is 1.06 bits per heavy atom. The quantitative estimate of drug-likeness (QED) is 0.739. The average molecular weight is 261 g/mol. The molecular formula is C13H16BNO2S. The van der Waals surface area contributed by atoms with Gasteiger partial charge in [0.2, 0.25) is 0 Å². The molecule has 0 N–H and O–H groups in total. The highest BCUT2D eigenvalue weighted by molar-refractivity contribution is 7.09. The van der Waals surface area contributed by atoms with Crippen molar-refractivity contribution >= 4 is 35.0 Å². The lowest BCUT2D eigenvalue weighted by atomic mass is 9.84. The molecule has 0 saturated carbocycles. The normalized spacial score (nSPS) is 21.7. The zero-order valence-electron chi connectivity index (χ0n) is 11.1. The molecule has 1 saturated heterocycles. The summed E-state index contributed by atoms with van der Waals surface area (Å²) in [6.07, 6.45) is 0. The van der Waals surface area contributed by atoms with Crippen molar-refractivity contribution in [1.29, 1.82) is 0 Å². The summed E-state index contributed by atoms with van der Waals surface area (Å²) in [4.78, 5) is 4.61. The third-order valence-electron chi connectivity index (χ3n) is 3.85. The molecule has 5 heteroatoms. The van der Waals surface area contributed by atoms with Crippen LogP contribution in [0.5, 0.6) is 0 Å². The summed E-state index contributed by atoms with van der Waals surface area (Å²) in [5, 5.41) is 5.31. The van der Waals surface area contributed by atoms with Crippen LogP contribution in [0.25, 0.3) is 10.9 Å². The summed E-state index contributed by atoms with van der Waals surface area (Å²) in [6.45, 7) is 8.21. The minimum Gasteiger partial charge on any atom is -0.398 e. The molecule has 3 rings (SSSR count). The van der Waals surface area contributed by atoms with Gasteiger partial charge < -0.3 is 9.31 Å². The van der Waals surface area contributed by atoms with Crippen molar-refractivity contribution in [3.63, 3.8) is 0 Å². The predicted molar refractivity (Wildman–Crippen MR) is 75.3 cm³/mol. The highest BCUT2D eigenvalue weighted by atomic mass is 32.1. The van der Waals surface area contributed by atoms with Crippen LogP contribution in [-0.4, -0.2) is 23.3 Å². The first-order chi connectivity index (χ1) is 8.39. The average Bonchev–Trinajstić information content (AvgIpc) is 2.80. The summed E-state index contributed by atoms with van der Waals surface area (Å²) < 4.78 is 12.0. The van der Waals surface area contributed by atoms with E-state index in [4.69, 9.17) is 9.31 Å². The summed E-state index contributed by atoms with van der Waals surface area (Å²) in [5.41, 5.74) is 1.22. The van der Waals surface area contributed by atoms with Crippen LogP contribution in [0, 0.1) is 0 Å². The fourth-order valence-corrected chi connectivity index (χ4v) is 2.69. The van der Waals surface area contributed by atoms with Gasteiger partial charge in [-0.05, 0) is 33.8 Å². The second-order valence-electron chi connectivity index (χ2n) is 5.67. The largest absolute Gasteiger partial charge is 0.514 e. The van der Waals surface area contributed by atoms with Crippen molar-refractivity contribution in [2.45, 2.75) is 38.9 Å². The van der Waals surface area contributed by atoms with E-state index in [-0.39, 0.29) is 18.3 Å². The van der Waals surface area contributed by atoms with Crippen molar-refractivity contribution in [2.24, 2.45) is 0 Å². The maximum absolute atomic E-state index is 5.99. The van der Waals surface area contributed by atoms with E-state index in [0.717, 1.165) is 11.1 Å². The van der Waals surface area contributed by atoms with E-state index in [0.29, 0.717) is 0 Å². The van der Waals surface area contributed by atoms with Crippen LogP contribution in [0.2, 0.25) is 0 Å². The Bertz CT molecular complexity index is 577. The number of aromatic nitrogens is 1. The minimum atomic E-state index is -0.376. The van der Waals surface area contributed by atoms with E-state index < -0.39 is 0 Å². The van der Waals surface area contributed by atoms with Crippen LogP contribution in [0.15, 0.2) is 22.9 Å². The smallest absolute Gasteiger partial charge is 0.398 e. The van der Waals surface area contributed by atoms with E-state index in [9.17, 15) is 0 Å². The maximum Gasteiger partial charge on any atom is 0.514 e. The van der Waals surface area contributed by atoms with E-state index in [1.165, 1.54) is 5.39 Å². The molecule has 1 fully saturated rings. The topological polar surface area (TPSA) is 31.4 Å². The van der Waals surface area contributed by atoms with Gasteiger partial charge in [0.1, 0.15) is 0 Å². The first-order valence-electron chi connectivity index (χ1n) is 6.07. The summed E-state index contributed by atoms with van der Waals surface area (Å²) in [7, 11) is -0.376. The van der Waals surface area contributed by atoms with Crippen LogP contribution in [0.4, 0.5) is 0 Å². The van der Waals surface area contributed by atoms with E-state index in [1.807, 2.05) is 11.4 Å². The van der Waals surface area contributed by atoms with Gasteiger partial charge >= 0.3 is 7.12 Å². The lowest BCUT2D eigenvalue weighted by Gasteiger charge is -2.32. The second-order valence-corrected chi connectivity index (χ2v) is 6.41. The number of hydrogen-bond acceptors (Lipinski definition) is 4. The molecule has 0 atom stereocenters. The first kappa shape index (κ1) is 12.1. The zero-order chi connectivity index (χ0) is 13.0. The van der Waals surface area contributed by atoms with Crippen molar-refractivity contribution in [3.05, 3.63) is 22.9 Å². The van der Waals surface area contributed by atoms with Gasteiger partial charge in [0.05, 0.1) is 22.3 Å². The molecule has 0 amide bonds. The number of pyridine rings is 1. The van der Waals surface area contributed by atoms with Gasteiger partial charge in [-0.1, -0.05) is 6.07 Å². The fourth-order valence-electron chi connectivity index (χ4n) is 1.96. The number of thiophene rings is 1. The Balaban J connectivity index is 1.96. The maximum atomic E-state index is 5.99. The minimum absolute atomic E-state index is 0.317. The number of hydrogen-bond donors (Lipinski definition) is 0. The van der Waals surface area contributed by atoms with Gasteiger partial charge in [-0.15, -0.1) is 11.3 Å². The third kappa shape index (κ3) is 1.78. The van der Waals surface area contributed by atoms with Gasteiger partial charge in [-0.25, -0.2) is 0 Å². The lowest BCUT2D eigenvalue weighted by molar-refractivity contribution is 0.00578. The number of nitrogens with zero attached hydrogens (tertiary/aromatic N) is 1. The van der Waals surface area contributed by atoms with Crippen LogP contribution < -0.4 is 5.59 Å². The second kappa shape index (κ2) is 3.79. The zero-order valence-corrected chi connectivity index (χ0v) is 11.9. The van der Waals surface area contributed by atoms with Crippen molar-refractivity contribution in [1.82, 2.24) is 4.98 Å². The molecule has 94 valence electrons. The molecule has 0 spiro atoms. The third-order valence-corrected chi connectivity index (χ3v) is 4.60. The molecule has 0 bridgehead atoms. The highest BCUT2D eigenvalue weighted by Crippen LogP contribution is 2.36. The van der Waals surface area contributed by atoms with Crippen molar-refractivity contribution < 1.29 is 9.31 Å². The molecule has 2 aromatic heterocycles. The van der Waals surface area contributed by atoms with Gasteiger partial charge in [-0.2, -0.15) is 0 Å². The SMILES string of the molecule is CC1(C)OB(c2ccc3cscc3n2)OC1(C)C. The monoisotopic (exact) mass is 261 g/mol. The summed E-state index contributed by atoms with van der Waals surface area (Å²) >= 11 is 1.66. The molecule has 18 heavy (non-hydrogen) atoms. The molecule has 3 nitrogen and oxygen atoms in total. The van der Waals surface area contributed by atoms with Crippen LogP contribution >= 0.6 is 11.3 Å². The van der Waals surface area contributed by atoms with Gasteiger partial charge in [0.15, 0.2) is 0 Å². The van der Waals surface area contributed by atoms with E-state index in [2.05, 4.69) is 44.1 Å². The molecule has 0 aromatic carbocycles. The standard InChI is InChI=1S/C13H16BNO2S/c1-12(2)13(3,4)17-14(16-12)11-6-5-9-7-18-8-10(9)15-11/h5-8H,1-4H3. The molecule has 0 unspecified atom stereocenters. The molecule has 0 aliphatic carbocycles. The van der Waals surface area contributed by atoms with Crippen LogP contribution in [0.3, 0.4) is 0 Å². The number of fused-ring (bicyclic) bond motifs is 1. The number of rotatable bonds is 1. The van der Waals surface area contributed by atoms with Crippen LogP contribution in [0.1, 0.15) is 27.7 Å². The van der Waals surface area contributed by atoms with E-state index in [1.54, 1.807) is 11.3 Å².